The van der Waals surface area contributed by atoms with Gasteiger partial charge in [-0.1, -0.05) is 45.4 Å². The molecule has 2 N–H and O–H groups in total. The van der Waals surface area contributed by atoms with Crippen molar-refractivity contribution in [3.8, 4) is 0 Å². The molecule has 0 aliphatic heterocycles. The Hall–Kier alpha value is -1.02. The lowest BCUT2D eigenvalue weighted by atomic mass is 9.63. The molecule has 1 fully saturated rings. The van der Waals surface area contributed by atoms with E-state index in [1.54, 1.807) is 0 Å². The first-order valence-electron chi connectivity index (χ1n) is 8.15. The Bertz CT molecular complexity index is 393. The van der Waals surface area contributed by atoms with Crippen LogP contribution >= 0.6 is 0 Å². The van der Waals surface area contributed by atoms with Gasteiger partial charge in [0.15, 0.2) is 0 Å². The smallest absolute Gasteiger partial charge is 0.0529 e. The zero-order valence-electron chi connectivity index (χ0n) is 13.3. The Balaban J connectivity index is 2.17. The van der Waals surface area contributed by atoms with E-state index in [0.29, 0.717) is 0 Å². The van der Waals surface area contributed by atoms with Gasteiger partial charge in [0.25, 0.3) is 0 Å². The predicted molar refractivity (Wildman–Crippen MR) is 88.0 cm³/mol. The minimum Gasteiger partial charge on any atom is -0.365 e. The van der Waals surface area contributed by atoms with E-state index < -0.39 is 0 Å². The highest BCUT2D eigenvalue weighted by molar-refractivity contribution is 5.50. The van der Waals surface area contributed by atoms with Crippen LogP contribution in [0.5, 0.6) is 0 Å². The maximum Gasteiger partial charge on any atom is 0.0529 e. The molecule has 0 saturated heterocycles. The number of para-hydroxylation sites is 1. The third kappa shape index (κ3) is 3.01. The van der Waals surface area contributed by atoms with Gasteiger partial charge in [-0.25, -0.2) is 0 Å². The first-order chi connectivity index (χ1) is 9.63. The Morgan fingerprint density at radius 3 is 2.40 bits per heavy atom. The lowest BCUT2D eigenvalue weighted by Gasteiger charge is -2.56. The zero-order chi connectivity index (χ0) is 14.6. The number of hydrogen-bond acceptors (Lipinski definition) is 2. The van der Waals surface area contributed by atoms with Gasteiger partial charge in [-0.3, -0.25) is 0 Å². The predicted octanol–water partition coefficient (Wildman–Crippen LogP) is 4.06. The van der Waals surface area contributed by atoms with Gasteiger partial charge in [0, 0.05) is 18.8 Å². The Labute approximate surface area is 124 Å². The third-order valence-electron chi connectivity index (χ3n) is 4.98. The van der Waals surface area contributed by atoms with Crippen LogP contribution in [0.15, 0.2) is 30.3 Å². The van der Waals surface area contributed by atoms with Crippen LogP contribution in [0.25, 0.3) is 0 Å². The zero-order valence-corrected chi connectivity index (χ0v) is 13.3. The van der Waals surface area contributed by atoms with Crippen molar-refractivity contribution in [2.24, 2.45) is 17.6 Å². The van der Waals surface area contributed by atoms with Crippen LogP contribution in [0, 0.1) is 11.8 Å². The van der Waals surface area contributed by atoms with Crippen molar-refractivity contribution in [3.63, 3.8) is 0 Å². The molecule has 20 heavy (non-hydrogen) atoms. The summed E-state index contributed by atoms with van der Waals surface area (Å²) in [6.45, 7) is 8.83. The molecule has 0 unspecified atom stereocenters. The third-order valence-corrected chi connectivity index (χ3v) is 4.98. The molecular weight excluding hydrogens is 244 g/mol. The van der Waals surface area contributed by atoms with E-state index in [9.17, 15) is 0 Å². The second kappa shape index (κ2) is 6.62. The van der Waals surface area contributed by atoms with E-state index in [1.807, 2.05) is 0 Å². The van der Waals surface area contributed by atoms with Crippen LogP contribution in [0.4, 0.5) is 5.69 Å². The molecule has 0 radical (unpaired) electrons. The molecule has 0 heterocycles. The first kappa shape index (κ1) is 15.4. The first-order valence-corrected chi connectivity index (χ1v) is 8.15. The summed E-state index contributed by atoms with van der Waals surface area (Å²) in [5.41, 5.74) is 7.74. The Morgan fingerprint density at radius 1 is 1.25 bits per heavy atom. The summed E-state index contributed by atoms with van der Waals surface area (Å²) in [4.78, 5) is 2.59. The van der Waals surface area contributed by atoms with Gasteiger partial charge in [-0.05, 0) is 43.2 Å². The molecule has 0 spiro atoms. The van der Waals surface area contributed by atoms with Crippen LogP contribution in [0.1, 0.15) is 46.5 Å². The maximum atomic E-state index is 6.20. The molecule has 1 aromatic rings. The van der Waals surface area contributed by atoms with Crippen LogP contribution in [-0.2, 0) is 0 Å². The van der Waals surface area contributed by atoms with Gasteiger partial charge in [0.05, 0.1) is 5.54 Å². The molecule has 1 aliphatic rings. The van der Waals surface area contributed by atoms with E-state index in [1.165, 1.54) is 31.4 Å². The number of benzene rings is 1. The summed E-state index contributed by atoms with van der Waals surface area (Å²) in [5.74, 6) is 1.62. The van der Waals surface area contributed by atoms with Crippen LogP contribution in [0.2, 0.25) is 0 Å². The lowest BCUT2D eigenvalue weighted by Crippen LogP contribution is -2.63. The second-order valence-electron chi connectivity index (χ2n) is 6.68. The lowest BCUT2D eigenvalue weighted by molar-refractivity contribution is 0.102. The fraction of sp³-hybridized carbons (Fsp3) is 0.667. The van der Waals surface area contributed by atoms with Gasteiger partial charge < -0.3 is 10.6 Å². The van der Waals surface area contributed by atoms with Crippen molar-refractivity contribution in [2.45, 2.75) is 52.0 Å². The Morgan fingerprint density at radius 2 is 1.90 bits per heavy atom. The van der Waals surface area contributed by atoms with Gasteiger partial charge in [-0.15, -0.1) is 0 Å². The summed E-state index contributed by atoms with van der Waals surface area (Å²) in [5, 5.41) is 0. The highest BCUT2D eigenvalue weighted by atomic mass is 15.2. The molecule has 0 bridgehead atoms. The van der Waals surface area contributed by atoms with Crippen molar-refractivity contribution in [1.82, 2.24) is 0 Å². The Kier molecular flexibility index (Phi) is 5.09. The SMILES string of the molecule is CCCCN(c1ccccc1)C1(CN)CC(C(C)C)C1. The number of nitrogens with zero attached hydrogens (tertiary/aromatic N) is 1. The average Bonchev–Trinajstić information content (AvgIpc) is 2.42. The topological polar surface area (TPSA) is 29.3 Å². The minimum atomic E-state index is 0.200. The largest absolute Gasteiger partial charge is 0.365 e. The van der Waals surface area contributed by atoms with Gasteiger partial charge in [-0.2, -0.15) is 0 Å². The number of nitrogens with two attached hydrogens (primary N) is 1. The van der Waals surface area contributed by atoms with Crippen LogP contribution in [-0.4, -0.2) is 18.6 Å². The fourth-order valence-corrected chi connectivity index (χ4v) is 3.45. The molecule has 0 atom stereocenters. The van der Waals surface area contributed by atoms with E-state index in [-0.39, 0.29) is 5.54 Å². The van der Waals surface area contributed by atoms with E-state index in [0.717, 1.165) is 24.9 Å². The molecule has 1 aliphatic carbocycles. The second-order valence-corrected chi connectivity index (χ2v) is 6.68. The molecule has 2 nitrogen and oxygen atoms in total. The van der Waals surface area contributed by atoms with E-state index in [2.05, 4.69) is 56.0 Å². The minimum absolute atomic E-state index is 0.200. The van der Waals surface area contributed by atoms with Gasteiger partial charge in [0.1, 0.15) is 0 Å². The summed E-state index contributed by atoms with van der Waals surface area (Å²) >= 11 is 0. The molecule has 2 heteroatoms. The molecule has 0 aromatic heterocycles. The maximum absolute atomic E-state index is 6.20. The summed E-state index contributed by atoms with van der Waals surface area (Å²) in [6.07, 6.45) is 4.97. The van der Waals surface area contributed by atoms with Crippen molar-refractivity contribution < 1.29 is 0 Å². The molecular formula is C18H30N2. The fourth-order valence-electron chi connectivity index (χ4n) is 3.45. The van der Waals surface area contributed by atoms with E-state index >= 15 is 0 Å². The summed E-state index contributed by atoms with van der Waals surface area (Å²) in [6, 6.07) is 10.8. The number of unbranched alkanes of at least 4 members (excludes halogenated alkanes) is 1. The van der Waals surface area contributed by atoms with Crippen LogP contribution in [0.3, 0.4) is 0 Å². The molecule has 1 saturated carbocycles. The van der Waals surface area contributed by atoms with Gasteiger partial charge in [0.2, 0.25) is 0 Å². The molecule has 0 amide bonds. The number of hydrogen-bond donors (Lipinski definition) is 1. The monoisotopic (exact) mass is 274 g/mol. The highest BCUT2D eigenvalue weighted by Gasteiger charge is 2.48. The van der Waals surface area contributed by atoms with Crippen molar-refractivity contribution in [2.75, 3.05) is 18.0 Å². The van der Waals surface area contributed by atoms with Gasteiger partial charge >= 0.3 is 0 Å². The van der Waals surface area contributed by atoms with Crippen molar-refractivity contribution in [1.29, 1.82) is 0 Å². The normalized spacial score (nSPS) is 25.6. The number of anilines is 1. The summed E-state index contributed by atoms with van der Waals surface area (Å²) in [7, 11) is 0. The number of rotatable bonds is 7. The summed E-state index contributed by atoms with van der Waals surface area (Å²) < 4.78 is 0. The molecule has 1 aromatic carbocycles. The molecule has 112 valence electrons. The highest BCUT2D eigenvalue weighted by Crippen LogP contribution is 2.47. The van der Waals surface area contributed by atoms with E-state index in [4.69, 9.17) is 5.73 Å². The van der Waals surface area contributed by atoms with Crippen LogP contribution < -0.4 is 10.6 Å². The quantitative estimate of drug-likeness (QED) is 0.812. The standard InChI is InChI=1S/C18H30N2/c1-4-5-11-20(17-9-7-6-8-10-17)18(14-19)12-16(13-18)15(2)3/h6-10,15-16H,4-5,11-14,19H2,1-3H3. The molecule has 2 rings (SSSR count). The van der Waals surface area contributed by atoms with Crippen molar-refractivity contribution >= 4 is 5.69 Å². The average molecular weight is 274 g/mol. The van der Waals surface area contributed by atoms with Crippen molar-refractivity contribution in [3.05, 3.63) is 30.3 Å².